The number of hydrogen-bond donors (Lipinski definition) is 1. The Hall–Kier alpha value is -1.61. The van der Waals surface area contributed by atoms with Crippen LogP contribution in [0.5, 0.6) is 0 Å². The number of carbonyl (C=O) groups is 1. The van der Waals surface area contributed by atoms with E-state index in [9.17, 15) is 4.79 Å². The molecule has 1 fully saturated rings. The number of halogens is 1. The van der Waals surface area contributed by atoms with E-state index in [1.165, 1.54) is 11.1 Å². The maximum Gasteiger partial charge on any atom is 0.207 e. The lowest BCUT2D eigenvalue weighted by molar-refractivity contribution is -0.109. The van der Waals surface area contributed by atoms with E-state index in [0.29, 0.717) is 11.8 Å². The molecule has 1 aliphatic heterocycles. The topological polar surface area (TPSA) is 41.5 Å². The van der Waals surface area contributed by atoms with Crippen LogP contribution in [-0.4, -0.2) is 18.7 Å². The maximum atomic E-state index is 10.8. The predicted molar refractivity (Wildman–Crippen MR) is 74.8 cm³/mol. The molecule has 1 unspecified atom stereocenters. The molecule has 3 nitrogen and oxygen atoms in total. The highest BCUT2D eigenvalue weighted by Crippen LogP contribution is 2.45. The van der Waals surface area contributed by atoms with Crippen molar-refractivity contribution in [3.05, 3.63) is 47.7 Å². The monoisotopic (exact) mass is 262 g/mol. The lowest BCUT2D eigenvalue weighted by Gasteiger charge is -2.18. The van der Waals surface area contributed by atoms with E-state index >= 15 is 0 Å². The minimum Gasteiger partial charge on any atom is -0.348 e. The number of hydrogen-bond acceptors (Lipinski definition) is 2. The first-order chi connectivity index (χ1) is 8.42. The Balaban J connectivity index is 0.00000120. The van der Waals surface area contributed by atoms with Gasteiger partial charge >= 0.3 is 0 Å². The highest BCUT2D eigenvalue weighted by Gasteiger charge is 2.41. The van der Waals surface area contributed by atoms with Gasteiger partial charge in [-0.15, -0.1) is 12.4 Å². The lowest BCUT2D eigenvalue weighted by Crippen LogP contribution is -2.29. The van der Waals surface area contributed by atoms with Crippen molar-refractivity contribution in [3.63, 3.8) is 0 Å². The summed E-state index contributed by atoms with van der Waals surface area (Å²) < 4.78 is 0. The van der Waals surface area contributed by atoms with Crippen molar-refractivity contribution in [1.82, 2.24) is 5.32 Å². The van der Waals surface area contributed by atoms with Crippen molar-refractivity contribution in [2.24, 2.45) is 16.8 Å². The van der Waals surface area contributed by atoms with E-state index < -0.39 is 0 Å². The SMILES string of the molecule is Cl.O=CNC1C2=CC=NC=C[C@@H]2[C@H]2CC=CC=C12. The molecule has 94 valence electrons. The standard InChI is InChI=1S/C14H14N2O.ClH/c17-9-16-14-12-4-2-1-3-10(12)11-5-7-15-8-6-13(11)14;/h1-2,4-11,14H,3H2,(H,16,17);1H/t10-,11-,14?;/m1./s1. The molecule has 1 saturated carbocycles. The summed E-state index contributed by atoms with van der Waals surface area (Å²) in [7, 11) is 0. The van der Waals surface area contributed by atoms with E-state index in [1.54, 1.807) is 6.21 Å². The smallest absolute Gasteiger partial charge is 0.207 e. The molecule has 1 heterocycles. The van der Waals surface area contributed by atoms with Gasteiger partial charge in [-0.2, -0.15) is 0 Å². The van der Waals surface area contributed by atoms with Gasteiger partial charge in [0.1, 0.15) is 0 Å². The van der Waals surface area contributed by atoms with Crippen molar-refractivity contribution in [1.29, 1.82) is 0 Å². The molecule has 0 bridgehead atoms. The first-order valence-electron chi connectivity index (χ1n) is 5.88. The second-order valence-corrected chi connectivity index (χ2v) is 4.49. The number of aliphatic imine (C=N–C) groups is 1. The molecule has 0 spiro atoms. The van der Waals surface area contributed by atoms with Gasteiger partial charge in [-0.25, -0.2) is 0 Å². The van der Waals surface area contributed by atoms with Gasteiger partial charge in [0, 0.05) is 18.3 Å². The molecule has 1 amide bonds. The van der Waals surface area contributed by atoms with Gasteiger partial charge in [0.25, 0.3) is 0 Å². The Morgan fingerprint density at radius 3 is 3.06 bits per heavy atom. The second kappa shape index (κ2) is 5.36. The highest BCUT2D eigenvalue weighted by molar-refractivity contribution is 5.85. The maximum absolute atomic E-state index is 10.8. The fourth-order valence-corrected chi connectivity index (χ4v) is 2.98. The molecule has 1 N–H and O–H groups in total. The Bertz CT molecular complexity index is 488. The number of nitrogens with zero attached hydrogens (tertiary/aromatic N) is 1. The summed E-state index contributed by atoms with van der Waals surface area (Å²) in [6.45, 7) is 0. The van der Waals surface area contributed by atoms with Crippen molar-refractivity contribution in [3.8, 4) is 0 Å². The molecule has 0 aromatic carbocycles. The summed E-state index contributed by atoms with van der Waals surface area (Å²) in [6, 6.07) is 0.0432. The summed E-state index contributed by atoms with van der Waals surface area (Å²) in [6.07, 6.45) is 16.1. The Kier molecular flexibility index (Phi) is 3.82. The van der Waals surface area contributed by atoms with Crippen LogP contribution in [0.2, 0.25) is 0 Å². The van der Waals surface area contributed by atoms with Crippen LogP contribution in [0.1, 0.15) is 6.42 Å². The van der Waals surface area contributed by atoms with Gasteiger partial charge in [0.05, 0.1) is 6.04 Å². The van der Waals surface area contributed by atoms with Crippen LogP contribution >= 0.6 is 12.4 Å². The average molecular weight is 263 g/mol. The third-order valence-corrected chi connectivity index (χ3v) is 3.70. The minimum absolute atomic E-state index is 0. The molecule has 0 saturated heterocycles. The number of allylic oxidation sites excluding steroid dienone is 5. The minimum atomic E-state index is 0. The molecule has 3 rings (SSSR count). The quantitative estimate of drug-likeness (QED) is 0.762. The first-order valence-corrected chi connectivity index (χ1v) is 5.88. The van der Waals surface area contributed by atoms with Gasteiger partial charge in [-0.05, 0) is 29.6 Å². The predicted octanol–water partition coefficient (Wildman–Crippen LogP) is 2.18. The zero-order valence-electron chi connectivity index (χ0n) is 9.82. The Morgan fingerprint density at radius 1 is 1.33 bits per heavy atom. The van der Waals surface area contributed by atoms with E-state index in [2.05, 4.69) is 34.6 Å². The number of fused-ring (bicyclic) bond motifs is 3. The van der Waals surface area contributed by atoms with E-state index in [0.717, 1.165) is 12.8 Å². The Morgan fingerprint density at radius 2 is 2.22 bits per heavy atom. The van der Waals surface area contributed by atoms with Crippen LogP contribution in [0.15, 0.2) is 52.7 Å². The largest absolute Gasteiger partial charge is 0.348 e. The zero-order valence-corrected chi connectivity index (χ0v) is 10.6. The highest BCUT2D eigenvalue weighted by atomic mass is 35.5. The molecular formula is C14H15ClN2O. The number of rotatable bonds is 2. The number of carbonyl (C=O) groups excluding carboxylic acids is 1. The molecule has 4 heteroatoms. The fraction of sp³-hybridized carbons (Fsp3) is 0.286. The molecule has 18 heavy (non-hydrogen) atoms. The number of nitrogens with one attached hydrogen (secondary N) is 1. The second-order valence-electron chi connectivity index (χ2n) is 4.49. The van der Waals surface area contributed by atoms with Gasteiger partial charge < -0.3 is 5.32 Å². The van der Waals surface area contributed by atoms with Gasteiger partial charge in [0.2, 0.25) is 6.41 Å². The van der Waals surface area contributed by atoms with Crippen molar-refractivity contribution < 1.29 is 4.79 Å². The van der Waals surface area contributed by atoms with Crippen LogP contribution in [0.3, 0.4) is 0 Å². The van der Waals surface area contributed by atoms with E-state index in [-0.39, 0.29) is 18.4 Å². The number of amides is 1. The average Bonchev–Trinajstić information content (AvgIpc) is 2.55. The molecule has 3 atom stereocenters. The van der Waals surface area contributed by atoms with Crippen LogP contribution in [0.4, 0.5) is 0 Å². The molecular weight excluding hydrogens is 248 g/mol. The molecule has 0 radical (unpaired) electrons. The zero-order chi connectivity index (χ0) is 11.7. The van der Waals surface area contributed by atoms with Crippen LogP contribution in [-0.2, 0) is 4.79 Å². The lowest BCUT2D eigenvalue weighted by atomic mass is 9.86. The van der Waals surface area contributed by atoms with Crippen LogP contribution < -0.4 is 5.32 Å². The summed E-state index contributed by atoms with van der Waals surface area (Å²) in [5.41, 5.74) is 2.56. The van der Waals surface area contributed by atoms with Crippen LogP contribution in [0, 0.1) is 11.8 Å². The molecule has 0 aromatic heterocycles. The van der Waals surface area contributed by atoms with E-state index in [4.69, 9.17) is 0 Å². The normalized spacial score (nSPS) is 31.4. The molecule has 2 aliphatic carbocycles. The van der Waals surface area contributed by atoms with Crippen molar-refractivity contribution in [2.45, 2.75) is 12.5 Å². The molecule has 0 aromatic rings. The van der Waals surface area contributed by atoms with Gasteiger partial charge in [-0.1, -0.05) is 24.3 Å². The fourth-order valence-electron chi connectivity index (χ4n) is 2.98. The van der Waals surface area contributed by atoms with Crippen LogP contribution in [0.25, 0.3) is 0 Å². The first kappa shape index (κ1) is 12.8. The summed E-state index contributed by atoms with van der Waals surface area (Å²) in [5.74, 6) is 0.841. The third kappa shape index (κ3) is 1.95. The van der Waals surface area contributed by atoms with Gasteiger partial charge in [-0.3, -0.25) is 9.79 Å². The molecule has 3 aliphatic rings. The van der Waals surface area contributed by atoms with Gasteiger partial charge in [0.15, 0.2) is 0 Å². The summed E-state index contributed by atoms with van der Waals surface area (Å²) in [5, 5.41) is 2.92. The van der Waals surface area contributed by atoms with E-state index in [1.807, 2.05) is 12.3 Å². The summed E-state index contributed by atoms with van der Waals surface area (Å²) >= 11 is 0. The Labute approximate surface area is 112 Å². The van der Waals surface area contributed by atoms with Crippen molar-refractivity contribution in [2.75, 3.05) is 0 Å². The van der Waals surface area contributed by atoms with Crippen molar-refractivity contribution >= 4 is 25.0 Å². The third-order valence-electron chi connectivity index (χ3n) is 3.70. The summed E-state index contributed by atoms with van der Waals surface area (Å²) in [4.78, 5) is 14.9.